The van der Waals surface area contributed by atoms with Crippen molar-refractivity contribution in [2.24, 2.45) is 4.99 Å². The topological polar surface area (TPSA) is 62.7 Å². The van der Waals surface area contributed by atoms with Crippen molar-refractivity contribution in [1.29, 1.82) is 0 Å². The normalized spacial score (nSPS) is 10.6. The van der Waals surface area contributed by atoms with Gasteiger partial charge in [0.05, 0.1) is 7.11 Å². The van der Waals surface area contributed by atoms with Gasteiger partial charge in [0.25, 0.3) is 0 Å². The summed E-state index contributed by atoms with van der Waals surface area (Å²) in [5, 5.41) is 6.30. The average Bonchev–Trinajstić information content (AvgIpc) is 2.51. The van der Waals surface area contributed by atoms with E-state index in [1.807, 2.05) is 0 Å². The number of carbonyl (C=O) groups excluding carboxylic acids is 1. The molecule has 0 bridgehead atoms. The molecule has 1 aromatic carbocycles. The van der Waals surface area contributed by atoms with E-state index in [-0.39, 0.29) is 35.8 Å². The minimum Gasteiger partial charge on any atom is -0.469 e. The van der Waals surface area contributed by atoms with Crippen LogP contribution in [0.4, 0.5) is 4.39 Å². The maximum absolute atomic E-state index is 12.8. The summed E-state index contributed by atoms with van der Waals surface area (Å²) in [6.45, 7) is 1.29. The molecule has 0 aliphatic heterocycles. The number of esters is 1. The summed E-state index contributed by atoms with van der Waals surface area (Å²) >= 11 is 0. The van der Waals surface area contributed by atoms with Crippen LogP contribution in [0.5, 0.6) is 0 Å². The monoisotopic (exact) mass is 423 g/mol. The number of nitrogens with zero attached hydrogens (tertiary/aromatic N) is 1. The van der Waals surface area contributed by atoms with Crippen LogP contribution in [0.1, 0.15) is 24.8 Å². The first-order chi connectivity index (χ1) is 10.2. The second kappa shape index (κ2) is 12.2. The van der Waals surface area contributed by atoms with Gasteiger partial charge < -0.3 is 15.4 Å². The van der Waals surface area contributed by atoms with Crippen LogP contribution in [0.2, 0.25) is 0 Å². The van der Waals surface area contributed by atoms with Crippen molar-refractivity contribution in [3.05, 3.63) is 35.6 Å². The molecule has 1 aromatic rings. The van der Waals surface area contributed by atoms with E-state index >= 15 is 0 Å². The Bertz CT molecular complexity index is 466. The van der Waals surface area contributed by atoms with E-state index in [4.69, 9.17) is 0 Å². The van der Waals surface area contributed by atoms with Crippen LogP contribution >= 0.6 is 24.0 Å². The van der Waals surface area contributed by atoms with Crippen LogP contribution in [-0.2, 0) is 16.1 Å². The Morgan fingerprint density at radius 1 is 1.23 bits per heavy atom. The highest BCUT2D eigenvalue weighted by Gasteiger charge is 2.01. The number of hydrogen-bond acceptors (Lipinski definition) is 3. The summed E-state index contributed by atoms with van der Waals surface area (Å²) in [7, 11) is 3.08. The molecule has 0 fully saturated rings. The standard InChI is InChI=1S/C15H22FN3O2.HI/c1-17-15(18-10-4-3-5-14(20)21-2)19-11-12-6-8-13(16)9-7-12;/h6-9H,3-5,10-11H2,1-2H3,(H2,17,18,19);1H. The zero-order valence-electron chi connectivity index (χ0n) is 12.9. The molecule has 5 nitrogen and oxygen atoms in total. The summed E-state index contributed by atoms with van der Waals surface area (Å²) in [6.07, 6.45) is 2.06. The van der Waals surface area contributed by atoms with Crippen molar-refractivity contribution in [3.8, 4) is 0 Å². The molecule has 22 heavy (non-hydrogen) atoms. The van der Waals surface area contributed by atoms with Crippen LogP contribution in [-0.4, -0.2) is 32.6 Å². The van der Waals surface area contributed by atoms with Crippen LogP contribution in [0.15, 0.2) is 29.3 Å². The van der Waals surface area contributed by atoms with E-state index < -0.39 is 0 Å². The van der Waals surface area contributed by atoms with Gasteiger partial charge in [-0.15, -0.1) is 24.0 Å². The first-order valence-electron chi connectivity index (χ1n) is 6.91. The molecule has 0 aromatic heterocycles. The predicted molar refractivity (Wildman–Crippen MR) is 95.9 cm³/mol. The largest absolute Gasteiger partial charge is 0.469 e. The number of guanidine groups is 1. The Kier molecular flexibility index (Phi) is 11.4. The fourth-order valence-electron chi connectivity index (χ4n) is 1.71. The number of rotatable bonds is 7. The molecule has 0 spiro atoms. The number of carbonyl (C=O) groups is 1. The van der Waals surface area contributed by atoms with Gasteiger partial charge in [0.1, 0.15) is 5.82 Å². The second-order valence-electron chi connectivity index (χ2n) is 4.51. The highest BCUT2D eigenvalue weighted by atomic mass is 127. The Balaban J connectivity index is 0.00000441. The maximum Gasteiger partial charge on any atom is 0.305 e. The van der Waals surface area contributed by atoms with Crippen molar-refractivity contribution in [3.63, 3.8) is 0 Å². The fraction of sp³-hybridized carbons (Fsp3) is 0.467. The molecular weight excluding hydrogens is 400 g/mol. The molecular formula is C15H23FIN3O2. The van der Waals surface area contributed by atoms with Gasteiger partial charge in [0.2, 0.25) is 0 Å². The molecule has 7 heteroatoms. The molecule has 0 amide bonds. The number of aliphatic imine (C=N–C) groups is 1. The molecule has 0 radical (unpaired) electrons. The third kappa shape index (κ3) is 8.81. The number of ether oxygens (including phenoxy) is 1. The lowest BCUT2D eigenvalue weighted by Crippen LogP contribution is -2.37. The van der Waals surface area contributed by atoms with Crippen molar-refractivity contribution in [2.75, 3.05) is 20.7 Å². The van der Waals surface area contributed by atoms with Gasteiger partial charge in [-0.1, -0.05) is 12.1 Å². The summed E-state index contributed by atoms with van der Waals surface area (Å²) in [5.41, 5.74) is 0.977. The van der Waals surface area contributed by atoms with Crippen LogP contribution in [0.25, 0.3) is 0 Å². The van der Waals surface area contributed by atoms with Gasteiger partial charge in [-0.05, 0) is 30.5 Å². The molecule has 2 N–H and O–H groups in total. The van der Waals surface area contributed by atoms with Crippen LogP contribution < -0.4 is 10.6 Å². The maximum atomic E-state index is 12.8. The molecule has 0 aliphatic carbocycles. The smallest absolute Gasteiger partial charge is 0.305 e. The summed E-state index contributed by atoms with van der Waals surface area (Å²) < 4.78 is 17.4. The predicted octanol–water partition coefficient (Wildman–Crippen LogP) is 2.45. The fourth-order valence-corrected chi connectivity index (χ4v) is 1.71. The molecule has 0 atom stereocenters. The Labute approximate surface area is 147 Å². The molecule has 0 saturated heterocycles. The number of methoxy groups -OCH3 is 1. The van der Waals surface area contributed by atoms with Crippen LogP contribution in [0, 0.1) is 5.82 Å². The third-order valence-corrected chi connectivity index (χ3v) is 2.92. The molecule has 0 unspecified atom stereocenters. The SMILES string of the molecule is CN=C(NCCCCC(=O)OC)NCc1ccc(F)cc1.I. The number of benzene rings is 1. The van der Waals surface area contributed by atoms with E-state index in [1.165, 1.54) is 19.2 Å². The first kappa shape index (κ1) is 20.6. The average molecular weight is 423 g/mol. The second-order valence-corrected chi connectivity index (χ2v) is 4.51. The van der Waals surface area contributed by atoms with Crippen molar-refractivity contribution in [1.82, 2.24) is 10.6 Å². The molecule has 124 valence electrons. The number of nitrogens with one attached hydrogen (secondary N) is 2. The highest BCUT2D eigenvalue weighted by Crippen LogP contribution is 2.02. The highest BCUT2D eigenvalue weighted by molar-refractivity contribution is 14.0. The number of unbranched alkanes of at least 4 members (excludes halogenated alkanes) is 1. The lowest BCUT2D eigenvalue weighted by molar-refractivity contribution is -0.140. The van der Waals surface area contributed by atoms with E-state index in [2.05, 4.69) is 20.4 Å². The minimum atomic E-state index is -0.244. The van der Waals surface area contributed by atoms with Gasteiger partial charge >= 0.3 is 5.97 Å². The molecule has 0 saturated carbocycles. The Morgan fingerprint density at radius 3 is 2.50 bits per heavy atom. The lowest BCUT2D eigenvalue weighted by atomic mass is 10.2. The Morgan fingerprint density at radius 2 is 1.91 bits per heavy atom. The van der Waals surface area contributed by atoms with Gasteiger partial charge in [-0.3, -0.25) is 9.79 Å². The van der Waals surface area contributed by atoms with Crippen LogP contribution in [0.3, 0.4) is 0 Å². The zero-order chi connectivity index (χ0) is 15.5. The van der Waals surface area contributed by atoms with E-state index in [0.717, 1.165) is 24.9 Å². The van der Waals surface area contributed by atoms with E-state index in [0.29, 0.717) is 18.9 Å². The summed E-state index contributed by atoms with van der Waals surface area (Å²) in [4.78, 5) is 15.0. The van der Waals surface area contributed by atoms with Gasteiger partial charge in [-0.2, -0.15) is 0 Å². The van der Waals surface area contributed by atoms with Gasteiger partial charge in [-0.25, -0.2) is 4.39 Å². The first-order valence-corrected chi connectivity index (χ1v) is 6.91. The lowest BCUT2D eigenvalue weighted by Gasteiger charge is -2.11. The van der Waals surface area contributed by atoms with E-state index in [1.54, 1.807) is 19.2 Å². The quantitative estimate of drug-likeness (QED) is 0.233. The van der Waals surface area contributed by atoms with Crippen molar-refractivity contribution >= 4 is 35.9 Å². The molecule has 0 aliphatic rings. The van der Waals surface area contributed by atoms with E-state index in [9.17, 15) is 9.18 Å². The number of halogens is 2. The van der Waals surface area contributed by atoms with Gasteiger partial charge in [0, 0.05) is 26.6 Å². The molecule has 0 heterocycles. The van der Waals surface area contributed by atoms with Crippen molar-refractivity contribution < 1.29 is 13.9 Å². The Hall–Kier alpha value is -1.38. The van der Waals surface area contributed by atoms with Gasteiger partial charge in [0.15, 0.2) is 5.96 Å². The van der Waals surface area contributed by atoms with Crippen molar-refractivity contribution in [2.45, 2.75) is 25.8 Å². The number of hydrogen-bond donors (Lipinski definition) is 2. The summed E-state index contributed by atoms with van der Waals surface area (Å²) in [5.74, 6) is 0.248. The summed E-state index contributed by atoms with van der Waals surface area (Å²) in [6, 6.07) is 6.32. The third-order valence-electron chi connectivity index (χ3n) is 2.92. The zero-order valence-corrected chi connectivity index (χ0v) is 15.2. The minimum absolute atomic E-state index is 0. The molecule has 1 rings (SSSR count).